The summed E-state index contributed by atoms with van der Waals surface area (Å²) >= 11 is 1.58. The number of amides is 2. The van der Waals surface area contributed by atoms with Gasteiger partial charge in [0, 0.05) is 35.0 Å². The van der Waals surface area contributed by atoms with Crippen LogP contribution in [0.2, 0.25) is 0 Å². The van der Waals surface area contributed by atoms with Crippen molar-refractivity contribution < 1.29 is 22.7 Å². The SMILES string of the molecule is O=C(Nc1ccc(NC(=O)C2CCCO2)cc1)c1ccc(S(=O)(=O)NCCc2cccs2)cc1. The van der Waals surface area contributed by atoms with E-state index in [4.69, 9.17) is 4.74 Å². The second-order valence-electron chi connectivity index (χ2n) is 7.77. The predicted octanol–water partition coefficient (Wildman–Crippen LogP) is 3.64. The molecule has 8 nitrogen and oxygen atoms in total. The fourth-order valence-electron chi connectivity index (χ4n) is 3.48. The lowest BCUT2D eigenvalue weighted by atomic mass is 10.2. The van der Waals surface area contributed by atoms with E-state index in [0.29, 0.717) is 42.9 Å². The third kappa shape index (κ3) is 6.29. The van der Waals surface area contributed by atoms with E-state index in [9.17, 15) is 18.0 Å². The Morgan fingerprint density at radius 2 is 1.68 bits per heavy atom. The molecule has 34 heavy (non-hydrogen) atoms. The molecule has 1 atom stereocenters. The number of ether oxygens (including phenoxy) is 1. The third-order valence-electron chi connectivity index (χ3n) is 5.30. The summed E-state index contributed by atoms with van der Waals surface area (Å²) in [5.74, 6) is -0.545. The number of thiophene rings is 1. The van der Waals surface area contributed by atoms with Crippen LogP contribution < -0.4 is 15.4 Å². The molecule has 1 saturated heterocycles. The molecule has 0 saturated carbocycles. The molecular formula is C24H25N3O5S2. The number of nitrogens with one attached hydrogen (secondary N) is 3. The van der Waals surface area contributed by atoms with E-state index in [2.05, 4.69) is 15.4 Å². The van der Waals surface area contributed by atoms with Gasteiger partial charge in [-0.15, -0.1) is 11.3 Å². The molecule has 0 aliphatic carbocycles. The minimum atomic E-state index is -3.66. The van der Waals surface area contributed by atoms with Crippen molar-refractivity contribution in [1.29, 1.82) is 0 Å². The van der Waals surface area contributed by atoms with Crippen LogP contribution in [0.4, 0.5) is 11.4 Å². The molecule has 0 bridgehead atoms. The van der Waals surface area contributed by atoms with E-state index in [-0.39, 0.29) is 16.7 Å². The normalized spacial score (nSPS) is 15.7. The van der Waals surface area contributed by atoms with Crippen LogP contribution in [0.3, 0.4) is 0 Å². The number of rotatable bonds is 9. The molecule has 3 N–H and O–H groups in total. The monoisotopic (exact) mass is 499 g/mol. The summed E-state index contributed by atoms with van der Waals surface area (Å²) in [7, 11) is -3.66. The molecule has 1 aliphatic heterocycles. The first-order valence-electron chi connectivity index (χ1n) is 10.9. The zero-order valence-corrected chi connectivity index (χ0v) is 20.0. The number of hydrogen-bond donors (Lipinski definition) is 3. The summed E-state index contributed by atoms with van der Waals surface area (Å²) in [5.41, 5.74) is 1.49. The molecule has 10 heteroatoms. The molecule has 0 spiro atoms. The number of benzene rings is 2. The van der Waals surface area contributed by atoms with E-state index in [1.807, 2.05) is 17.5 Å². The number of sulfonamides is 1. The van der Waals surface area contributed by atoms with Gasteiger partial charge in [0.1, 0.15) is 6.10 Å². The van der Waals surface area contributed by atoms with E-state index in [1.165, 1.54) is 24.3 Å². The van der Waals surface area contributed by atoms with Crippen molar-refractivity contribution in [1.82, 2.24) is 4.72 Å². The van der Waals surface area contributed by atoms with Crippen LogP contribution in [0.1, 0.15) is 28.1 Å². The molecule has 4 rings (SSSR count). The largest absolute Gasteiger partial charge is 0.368 e. The van der Waals surface area contributed by atoms with Gasteiger partial charge in [0.15, 0.2) is 0 Å². The zero-order chi connectivity index (χ0) is 24.0. The van der Waals surface area contributed by atoms with Gasteiger partial charge in [-0.25, -0.2) is 13.1 Å². The van der Waals surface area contributed by atoms with Gasteiger partial charge in [0.25, 0.3) is 11.8 Å². The Balaban J connectivity index is 1.30. The number of hydrogen-bond acceptors (Lipinski definition) is 6. The summed E-state index contributed by atoms with van der Waals surface area (Å²) in [6.45, 7) is 0.900. The molecule has 2 heterocycles. The molecule has 1 aliphatic rings. The molecule has 1 aromatic heterocycles. The van der Waals surface area contributed by atoms with Gasteiger partial charge in [0.2, 0.25) is 10.0 Å². The summed E-state index contributed by atoms with van der Waals surface area (Å²) < 4.78 is 32.9. The highest BCUT2D eigenvalue weighted by molar-refractivity contribution is 7.89. The van der Waals surface area contributed by atoms with Crippen molar-refractivity contribution in [3.8, 4) is 0 Å². The van der Waals surface area contributed by atoms with Gasteiger partial charge >= 0.3 is 0 Å². The second kappa shape index (κ2) is 10.9. The molecule has 2 amide bonds. The van der Waals surface area contributed by atoms with Crippen LogP contribution in [-0.4, -0.2) is 39.5 Å². The first-order valence-corrected chi connectivity index (χ1v) is 13.2. The van der Waals surface area contributed by atoms with Crippen LogP contribution in [0.15, 0.2) is 70.9 Å². The number of anilines is 2. The highest BCUT2D eigenvalue weighted by Gasteiger charge is 2.23. The zero-order valence-electron chi connectivity index (χ0n) is 18.3. The van der Waals surface area contributed by atoms with Crippen LogP contribution >= 0.6 is 11.3 Å². The summed E-state index contributed by atoms with van der Waals surface area (Å²) in [4.78, 5) is 25.9. The fourth-order valence-corrected chi connectivity index (χ4v) is 5.22. The van der Waals surface area contributed by atoms with Gasteiger partial charge in [0.05, 0.1) is 4.90 Å². The van der Waals surface area contributed by atoms with Crippen LogP contribution in [0.5, 0.6) is 0 Å². The van der Waals surface area contributed by atoms with Crippen LogP contribution in [0.25, 0.3) is 0 Å². The van der Waals surface area contributed by atoms with Gasteiger partial charge in [-0.1, -0.05) is 6.07 Å². The summed E-state index contributed by atoms with van der Waals surface area (Å²) in [6, 6.07) is 16.4. The fraction of sp³-hybridized carbons (Fsp3) is 0.250. The highest BCUT2D eigenvalue weighted by atomic mass is 32.2. The van der Waals surface area contributed by atoms with Crippen molar-refractivity contribution in [2.45, 2.75) is 30.3 Å². The van der Waals surface area contributed by atoms with Gasteiger partial charge in [-0.2, -0.15) is 0 Å². The Hall–Kier alpha value is -3.05. The van der Waals surface area contributed by atoms with E-state index in [0.717, 1.165) is 11.3 Å². The quantitative estimate of drug-likeness (QED) is 0.416. The lowest BCUT2D eigenvalue weighted by molar-refractivity contribution is -0.124. The third-order valence-corrected chi connectivity index (χ3v) is 7.72. The molecule has 0 radical (unpaired) electrons. The highest BCUT2D eigenvalue weighted by Crippen LogP contribution is 2.18. The summed E-state index contributed by atoms with van der Waals surface area (Å²) in [5, 5.41) is 7.51. The maximum atomic E-state index is 12.6. The average molecular weight is 500 g/mol. The standard InChI is InChI=1S/C24H25N3O5S2/c28-23(26-18-7-9-19(10-8-18)27-24(29)22-4-1-15-32-22)17-5-11-21(12-6-17)34(30,31)25-14-13-20-3-2-16-33-20/h2-3,5-12,16,22,25H,1,4,13-15H2,(H,26,28)(H,27,29). The molecule has 178 valence electrons. The average Bonchev–Trinajstić information content (AvgIpc) is 3.55. The molecule has 1 fully saturated rings. The van der Waals surface area contributed by atoms with Gasteiger partial charge in [-0.05, 0) is 79.2 Å². The first kappa shape index (κ1) is 24.1. The van der Waals surface area contributed by atoms with Crippen molar-refractivity contribution in [2.24, 2.45) is 0 Å². The van der Waals surface area contributed by atoms with E-state index in [1.54, 1.807) is 35.6 Å². The Labute approximate surface area is 202 Å². The topological polar surface area (TPSA) is 114 Å². The smallest absolute Gasteiger partial charge is 0.255 e. The minimum absolute atomic E-state index is 0.0987. The Morgan fingerprint density at radius 1 is 0.971 bits per heavy atom. The Bertz CT molecular complexity index is 1220. The van der Waals surface area contributed by atoms with Crippen molar-refractivity contribution in [3.63, 3.8) is 0 Å². The molecule has 1 unspecified atom stereocenters. The van der Waals surface area contributed by atoms with E-state index < -0.39 is 16.1 Å². The maximum absolute atomic E-state index is 12.6. The van der Waals surface area contributed by atoms with Gasteiger partial charge < -0.3 is 15.4 Å². The molecule has 3 aromatic rings. The lowest BCUT2D eigenvalue weighted by Crippen LogP contribution is -2.26. The predicted molar refractivity (Wildman–Crippen MR) is 132 cm³/mol. The number of carbonyl (C=O) groups is 2. The van der Waals surface area contributed by atoms with Crippen molar-refractivity contribution in [2.75, 3.05) is 23.8 Å². The molecule has 2 aromatic carbocycles. The summed E-state index contributed by atoms with van der Waals surface area (Å²) in [6.07, 6.45) is 1.80. The first-order chi connectivity index (χ1) is 16.4. The second-order valence-corrected chi connectivity index (χ2v) is 10.6. The van der Waals surface area contributed by atoms with Crippen LogP contribution in [0, 0.1) is 0 Å². The van der Waals surface area contributed by atoms with Crippen LogP contribution in [-0.2, 0) is 26.0 Å². The van der Waals surface area contributed by atoms with Crippen molar-refractivity contribution in [3.05, 3.63) is 76.5 Å². The Morgan fingerprint density at radius 3 is 2.29 bits per heavy atom. The van der Waals surface area contributed by atoms with Crippen molar-refractivity contribution >= 4 is 44.5 Å². The maximum Gasteiger partial charge on any atom is 0.255 e. The Kier molecular flexibility index (Phi) is 7.73. The lowest BCUT2D eigenvalue weighted by Gasteiger charge is -2.11. The minimum Gasteiger partial charge on any atom is -0.368 e. The van der Waals surface area contributed by atoms with E-state index >= 15 is 0 Å². The molecular weight excluding hydrogens is 474 g/mol. The number of carbonyl (C=O) groups excluding carboxylic acids is 2. The van der Waals surface area contributed by atoms with Gasteiger partial charge in [-0.3, -0.25) is 9.59 Å².